The molecule has 2 aromatic carbocycles. The number of carboxylic acid groups (broad SMARTS) is 1. The molecule has 0 unspecified atom stereocenters. The Hall–Kier alpha value is -1.33. The molecule has 22 heavy (non-hydrogen) atoms. The maximum atomic E-state index is 10.7. The number of hydrazone groups is 1. The summed E-state index contributed by atoms with van der Waals surface area (Å²) in [5.74, 6) is -1.17. The van der Waals surface area contributed by atoms with Crippen LogP contribution >= 0.6 is 11.6 Å². The summed E-state index contributed by atoms with van der Waals surface area (Å²) in [6.45, 7) is 0.756. The van der Waals surface area contributed by atoms with E-state index in [9.17, 15) is 9.90 Å². The minimum absolute atomic E-state index is 0. The van der Waals surface area contributed by atoms with Crippen LogP contribution in [-0.4, -0.2) is 18.2 Å². The van der Waals surface area contributed by atoms with E-state index in [0.29, 0.717) is 5.02 Å². The van der Waals surface area contributed by atoms with Gasteiger partial charge < -0.3 is 9.90 Å². The number of aromatic carboxylic acids is 1. The zero-order chi connectivity index (χ0) is 14.8. The third-order valence-corrected chi connectivity index (χ3v) is 3.60. The molecule has 4 nitrogen and oxygen atoms in total. The first kappa shape index (κ1) is 17.0. The Bertz CT molecular complexity index is 716. The summed E-state index contributed by atoms with van der Waals surface area (Å²) in [7, 11) is 0. The van der Waals surface area contributed by atoms with Gasteiger partial charge in [-0.25, -0.2) is 0 Å². The fourth-order valence-corrected chi connectivity index (χ4v) is 2.47. The molecule has 106 valence electrons. The van der Waals surface area contributed by atoms with Crippen LogP contribution in [0.2, 0.25) is 5.02 Å². The van der Waals surface area contributed by atoms with Crippen molar-refractivity contribution >= 4 is 29.0 Å². The second kappa shape index (κ2) is 7.29. The maximum Gasteiger partial charge on any atom is 1.00 e. The Labute approximate surface area is 155 Å². The van der Waals surface area contributed by atoms with Gasteiger partial charge in [0.2, 0.25) is 0 Å². The van der Waals surface area contributed by atoms with E-state index in [0.717, 1.165) is 29.9 Å². The fourth-order valence-electron chi connectivity index (χ4n) is 2.28. The monoisotopic (exact) mass is 322 g/mol. The van der Waals surface area contributed by atoms with Gasteiger partial charge in [0.1, 0.15) is 0 Å². The van der Waals surface area contributed by atoms with Crippen molar-refractivity contribution in [3.05, 3.63) is 64.7 Å². The van der Waals surface area contributed by atoms with E-state index in [2.05, 4.69) is 5.10 Å². The topological polar surface area (TPSA) is 55.7 Å². The summed E-state index contributed by atoms with van der Waals surface area (Å²) in [6, 6.07) is 14.1. The molecule has 6 heteroatoms. The summed E-state index contributed by atoms with van der Waals surface area (Å²) in [6.07, 6.45) is 0.822. The first-order chi connectivity index (χ1) is 10.1. The van der Waals surface area contributed by atoms with Gasteiger partial charge in [-0.15, -0.1) is 0 Å². The van der Waals surface area contributed by atoms with Gasteiger partial charge in [-0.1, -0.05) is 35.9 Å². The molecule has 0 aliphatic carbocycles. The van der Waals surface area contributed by atoms with Gasteiger partial charge in [-0.2, -0.15) is 5.10 Å². The van der Waals surface area contributed by atoms with Gasteiger partial charge in [-0.05, 0) is 35.4 Å². The Balaban J connectivity index is 0.00000176. The molecule has 1 aliphatic heterocycles. The number of anilines is 1. The number of carboxylic acids is 1. The molecule has 1 aliphatic rings. The van der Waals surface area contributed by atoms with Crippen molar-refractivity contribution in [1.82, 2.24) is 0 Å². The third kappa shape index (κ3) is 3.70. The largest absolute Gasteiger partial charge is 1.00 e. The van der Waals surface area contributed by atoms with Gasteiger partial charge in [0.05, 0.1) is 17.4 Å². The molecule has 2 aromatic rings. The van der Waals surface area contributed by atoms with Crippen molar-refractivity contribution < 1.29 is 39.5 Å². The Kier molecular flexibility index (Phi) is 5.64. The number of rotatable bonds is 3. The predicted molar refractivity (Wildman–Crippen MR) is 80.7 cm³/mol. The minimum atomic E-state index is -1.17. The fraction of sp³-hybridized carbons (Fsp3) is 0.125. The third-order valence-electron chi connectivity index (χ3n) is 3.36. The average Bonchev–Trinajstić information content (AvgIpc) is 2.97. The Morgan fingerprint density at radius 1 is 1.18 bits per heavy atom. The summed E-state index contributed by atoms with van der Waals surface area (Å²) >= 11 is 5.99. The van der Waals surface area contributed by atoms with Gasteiger partial charge in [0.25, 0.3) is 0 Å². The SMILES string of the molecule is O=C([O-])c1ccc(N2CCC(c3cccc(Cl)c3)=N2)cc1.[Na+]. The van der Waals surface area contributed by atoms with Crippen LogP contribution in [0, 0.1) is 0 Å². The van der Waals surface area contributed by atoms with E-state index in [4.69, 9.17) is 11.6 Å². The average molecular weight is 323 g/mol. The molecule has 0 saturated heterocycles. The molecule has 0 bridgehead atoms. The zero-order valence-electron chi connectivity index (χ0n) is 12.1. The predicted octanol–water partition coefficient (Wildman–Crippen LogP) is -0.678. The van der Waals surface area contributed by atoms with Crippen molar-refractivity contribution in [2.24, 2.45) is 5.10 Å². The van der Waals surface area contributed by atoms with Crippen molar-refractivity contribution in [3.63, 3.8) is 0 Å². The van der Waals surface area contributed by atoms with E-state index in [1.807, 2.05) is 29.3 Å². The number of halogens is 1. The molecule has 0 amide bonds. The number of hydrogen-bond donors (Lipinski definition) is 0. The van der Waals surface area contributed by atoms with Crippen LogP contribution in [0.25, 0.3) is 0 Å². The smallest absolute Gasteiger partial charge is 0.545 e. The number of benzene rings is 2. The summed E-state index contributed by atoms with van der Waals surface area (Å²) < 4.78 is 0. The van der Waals surface area contributed by atoms with E-state index in [-0.39, 0.29) is 35.1 Å². The number of carbonyl (C=O) groups is 1. The zero-order valence-corrected chi connectivity index (χ0v) is 14.9. The van der Waals surface area contributed by atoms with Crippen molar-refractivity contribution in [2.75, 3.05) is 11.6 Å². The molecule has 0 fully saturated rings. The molecule has 0 aromatic heterocycles. The molecule has 1 heterocycles. The quantitative estimate of drug-likeness (QED) is 0.704. The normalized spacial score (nSPS) is 13.5. The van der Waals surface area contributed by atoms with E-state index in [1.165, 1.54) is 12.1 Å². The van der Waals surface area contributed by atoms with Crippen LogP contribution in [0.4, 0.5) is 5.69 Å². The second-order valence-corrected chi connectivity index (χ2v) is 5.20. The van der Waals surface area contributed by atoms with Gasteiger partial charge >= 0.3 is 29.6 Å². The molecule has 3 rings (SSSR count). The van der Waals surface area contributed by atoms with E-state index in [1.54, 1.807) is 12.1 Å². The van der Waals surface area contributed by atoms with Gasteiger partial charge in [-0.3, -0.25) is 5.01 Å². The Morgan fingerprint density at radius 3 is 2.55 bits per heavy atom. The van der Waals surface area contributed by atoms with Gasteiger partial charge in [0, 0.05) is 18.0 Å². The summed E-state index contributed by atoms with van der Waals surface area (Å²) in [4.78, 5) is 10.7. The van der Waals surface area contributed by atoms with Crippen molar-refractivity contribution in [1.29, 1.82) is 0 Å². The van der Waals surface area contributed by atoms with Gasteiger partial charge in [0.15, 0.2) is 0 Å². The number of nitrogens with zero attached hydrogens (tertiary/aromatic N) is 2. The van der Waals surface area contributed by atoms with E-state index >= 15 is 0 Å². The standard InChI is InChI=1S/C16H13ClN2O2.Na/c17-13-3-1-2-12(10-13)15-8-9-19(18-15)14-6-4-11(5-7-14)16(20)21;/h1-7,10H,8-9H2,(H,20,21);/q;+1/p-1. The van der Waals surface area contributed by atoms with E-state index < -0.39 is 5.97 Å². The first-order valence-electron chi connectivity index (χ1n) is 6.56. The summed E-state index contributed by atoms with van der Waals surface area (Å²) in [5, 5.41) is 17.9. The second-order valence-electron chi connectivity index (χ2n) is 4.76. The molecule has 0 saturated carbocycles. The minimum Gasteiger partial charge on any atom is -0.545 e. The van der Waals surface area contributed by atoms with Crippen LogP contribution in [-0.2, 0) is 0 Å². The van der Waals surface area contributed by atoms with Crippen molar-refractivity contribution in [2.45, 2.75) is 6.42 Å². The first-order valence-corrected chi connectivity index (χ1v) is 6.93. The molecule has 0 N–H and O–H groups in total. The number of carbonyl (C=O) groups excluding carboxylic acids is 1. The maximum absolute atomic E-state index is 10.7. The molecule has 0 spiro atoms. The van der Waals surface area contributed by atoms with Crippen LogP contribution in [0.1, 0.15) is 22.3 Å². The van der Waals surface area contributed by atoms with Crippen LogP contribution in [0.5, 0.6) is 0 Å². The van der Waals surface area contributed by atoms with Crippen LogP contribution in [0.15, 0.2) is 53.6 Å². The summed E-state index contributed by atoms with van der Waals surface area (Å²) in [5.41, 5.74) is 3.01. The number of hydrogen-bond acceptors (Lipinski definition) is 4. The molecular weight excluding hydrogens is 311 g/mol. The Morgan fingerprint density at radius 2 is 1.91 bits per heavy atom. The van der Waals surface area contributed by atoms with Crippen LogP contribution < -0.4 is 39.7 Å². The molecular formula is C16H12ClN2NaO2. The van der Waals surface area contributed by atoms with Crippen LogP contribution in [0.3, 0.4) is 0 Å². The molecule has 0 radical (unpaired) electrons. The molecule has 0 atom stereocenters. The van der Waals surface area contributed by atoms with Crippen molar-refractivity contribution in [3.8, 4) is 0 Å².